The maximum absolute atomic E-state index is 11.8. The lowest BCUT2D eigenvalue weighted by atomic mass is 10.2. The zero-order chi connectivity index (χ0) is 15.6. The maximum Gasteiger partial charge on any atom is 0.255 e. The number of ether oxygens (including phenoxy) is 2. The highest BCUT2D eigenvalue weighted by atomic mass is 16.7. The predicted molar refractivity (Wildman–Crippen MR) is 84.7 cm³/mol. The van der Waals surface area contributed by atoms with Crippen molar-refractivity contribution in [1.82, 2.24) is 9.55 Å². The van der Waals surface area contributed by atoms with E-state index >= 15 is 0 Å². The van der Waals surface area contributed by atoms with Crippen molar-refractivity contribution in [2.75, 3.05) is 13.4 Å². The molecular weight excluding hydrogens is 280 g/mol. The zero-order valence-corrected chi connectivity index (χ0v) is 12.6. The van der Waals surface area contributed by atoms with Crippen LogP contribution in [0.3, 0.4) is 0 Å². The molecule has 2 rings (SSSR count). The van der Waals surface area contributed by atoms with Crippen molar-refractivity contribution in [1.29, 1.82) is 0 Å². The third-order valence-electron chi connectivity index (χ3n) is 3.01. The number of benzene rings is 1. The summed E-state index contributed by atoms with van der Waals surface area (Å²) in [4.78, 5) is 15.6. The first kappa shape index (κ1) is 16.0. The highest BCUT2D eigenvalue weighted by Gasteiger charge is 1.98. The van der Waals surface area contributed by atoms with Crippen LogP contribution in [0.5, 0.6) is 5.75 Å². The molecule has 22 heavy (non-hydrogen) atoms. The number of hydrogen-bond donors (Lipinski definition) is 0. The van der Waals surface area contributed by atoms with Gasteiger partial charge in [-0.2, -0.15) is 0 Å². The van der Waals surface area contributed by atoms with Gasteiger partial charge in [-0.3, -0.25) is 9.36 Å². The number of carbonyl (C=O) groups is 1. The van der Waals surface area contributed by atoms with Gasteiger partial charge < -0.3 is 9.47 Å². The van der Waals surface area contributed by atoms with Crippen molar-refractivity contribution in [3.8, 4) is 5.75 Å². The minimum Gasteiger partial charge on any atom is -0.468 e. The van der Waals surface area contributed by atoms with Crippen molar-refractivity contribution in [3.63, 3.8) is 0 Å². The van der Waals surface area contributed by atoms with Gasteiger partial charge in [0.15, 0.2) is 6.79 Å². The largest absolute Gasteiger partial charge is 0.468 e. The van der Waals surface area contributed by atoms with E-state index in [1.54, 1.807) is 18.5 Å². The first-order valence-corrected chi connectivity index (χ1v) is 7.30. The third kappa shape index (κ3) is 5.18. The van der Waals surface area contributed by atoms with Gasteiger partial charge in [-0.15, -0.1) is 0 Å². The minimum absolute atomic E-state index is 0.137. The topological polar surface area (TPSA) is 53.4 Å². The molecule has 0 amide bonds. The van der Waals surface area contributed by atoms with Gasteiger partial charge in [-0.1, -0.05) is 25.5 Å². The Balaban J connectivity index is 1.80. The summed E-state index contributed by atoms with van der Waals surface area (Å²) in [6, 6.07) is 7.48. The molecule has 5 nitrogen and oxygen atoms in total. The summed E-state index contributed by atoms with van der Waals surface area (Å²) in [5.41, 5.74) is 0.924. The summed E-state index contributed by atoms with van der Waals surface area (Å²) < 4.78 is 12.2. The van der Waals surface area contributed by atoms with Crippen molar-refractivity contribution >= 4 is 12.0 Å². The zero-order valence-electron chi connectivity index (χ0n) is 12.6. The third-order valence-corrected chi connectivity index (χ3v) is 3.01. The van der Waals surface area contributed by atoms with Gasteiger partial charge >= 0.3 is 0 Å². The average molecular weight is 300 g/mol. The van der Waals surface area contributed by atoms with Crippen LogP contribution in [0.4, 0.5) is 0 Å². The molecule has 0 atom stereocenters. The maximum atomic E-state index is 11.8. The number of rotatable bonds is 8. The van der Waals surface area contributed by atoms with Crippen LogP contribution in [0.2, 0.25) is 0 Å². The first-order valence-electron chi connectivity index (χ1n) is 7.30. The summed E-state index contributed by atoms with van der Waals surface area (Å²) in [5.74, 6) is 0.608. The molecule has 1 aromatic heterocycles. The summed E-state index contributed by atoms with van der Waals surface area (Å²) in [7, 11) is 0. The van der Waals surface area contributed by atoms with Gasteiger partial charge in [0, 0.05) is 18.5 Å². The Labute approximate surface area is 130 Å². The van der Waals surface area contributed by atoms with Crippen LogP contribution in [-0.4, -0.2) is 28.9 Å². The summed E-state index contributed by atoms with van der Waals surface area (Å²) in [5, 5.41) is 0. The Bertz CT molecular complexity index is 589. The second-order valence-electron chi connectivity index (χ2n) is 4.73. The van der Waals surface area contributed by atoms with E-state index in [2.05, 4.69) is 11.9 Å². The fraction of sp³-hybridized carbons (Fsp3) is 0.294. The van der Waals surface area contributed by atoms with Gasteiger partial charge in [0.25, 0.3) is 5.91 Å². The SMILES string of the molecule is CCCCOCOc1ccc(/C=C/C(=O)n2ccnc2)cc1. The molecule has 0 aliphatic rings. The monoisotopic (exact) mass is 300 g/mol. The Hall–Kier alpha value is -2.40. The summed E-state index contributed by atoms with van der Waals surface area (Å²) >= 11 is 0. The average Bonchev–Trinajstić information content (AvgIpc) is 3.08. The molecule has 0 unspecified atom stereocenters. The molecule has 0 saturated carbocycles. The molecule has 1 heterocycles. The highest BCUT2D eigenvalue weighted by Crippen LogP contribution is 2.13. The van der Waals surface area contributed by atoms with Crippen LogP contribution in [0.25, 0.3) is 6.08 Å². The second kappa shape index (κ2) is 8.79. The molecule has 2 aromatic rings. The lowest BCUT2D eigenvalue weighted by Crippen LogP contribution is -2.04. The smallest absolute Gasteiger partial charge is 0.255 e. The van der Waals surface area contributed by atoms with Crippen LogP contribution in [0.15, 0.2) is 49.1 Å². The fourth-order valence-electron chi connectivity index (χ4n) is 1.73. The van der Waals surface area contributed by atoms with Crippen molar-refractivity contribution in [3.05, 3.63) is 54.6 Å². The molecule has 0 spiro atoms. The number of carbonyl (C=O) groups excluding carboxylic acids is 1. The second-order valence-corrected chi connectivity index (χ2v) is 4.73. The number of aromatic nitrogens is 2. The van der Waals surface area contributed by atoms with Gasteiger partial charge in [-0.25, -0.2) is 4.98 Å². The van der Waals surface area contributed by atoms with Crippen LogP contribution >= 0.6 is 0 Å². The number of allylic oxidation sites excluding steroid dienone is 1. The highest BCUT2D eigenvalue weighted by molar-refractivity contribution is 5.93. The minimum atomic E-state index is -0.137. The Kier molecular flexibility index (Phi) is 6.39. The molecule has 0 aliphatic heterocycles. The lowest BCUT2D eigenvalue weighted by molar-refractivity contribution is 0.0140. The van der Waals surface area contributed by atoms with E-state index in [1.807, 2.05) is 24.3 Å². The van der Waals surface area contributed by atoms with Crippen molar-refractivity contribution in [2.45, 2.75) is 19.8 Å². The normalized spacial score (nSPS) is 11.0. The van der Waals surface area contributed by atoms with E-state index in [0.29, 0.717) is 6.61 Å². The quantitative estimate of drug-likeness (QED) is 0.426. The number of nitrogens with zero attached hydrogens (tertiary/aromatic N) is 2. The van der Waals surface area contributed by atoms with Crippen LogP contribution in [0.1, 0.15) is 30.1 Å². The first-order chi connectivity index (χ1) is 10.8. The molecule has 0 N–H and O–H groups in total. The van der Waals surface area contributed by atoms with Gasteiger partial charge in [-0.05, 0) is 30.2 Å². The fourth-order valence-corrected chi connectivity index (χ4v) is 1.73. The van der Waals surface area contributed by atoms with Gasteiger partial charge in [0.2, 0.25) is 0 Å². The van der Waals surface area contributed by atoms with E-state index < -0.39 is 0 Å². The van der Waals surface area contributed by atoms with Gasteiger partial charge in [0.1, 0.15) is 12.1 Å². The van der Waals surface area contributed by atoms with E-state index in [0.717, 1.165) is 24.2 Å². The van der Waals surface area contributed by atoms with Crippen LogP contribution in [-0.2, 0) is 4.74 Å². The molecular formula is C17H20N2O3. The molecule has 0 aliphatic carbocycles. The molecule has 116 valence electrons. The summed E-state index contributed by atoms with van der Waals surface area (Å²) in [6.45, 7) is 3.09. The Morgan fingerprint density at radius 1 is 1.32 bits per heavy atom. The number of unbranched alkanes of at least 4 members (excludes halogenated alkanes) is 1. The molecule has 0 bridgehead atoms. The van der Waals surface area contributed by atoms with E-state index in [1.165, 1.54) is 17.0 Å². The molecule has 5 heteroatoms. The van der Waals surface area contributed by atoms with Crippen molar-refractivity contribution in [2.24, 2.45) is 0 Å². The van der Waals surface area contributed by atoms with Crippen LogP contribution in [0, 0.1) is 0 Å². The predicted octanol–water partition coefficient (Wildman–Crippen LogP) is 3.39. The Morgan fingerprint density at radius 3 is 2.82 bits per heavy atom. The Morgan fingerprint density at radius 2 is 2.14 bits per heavy atom. The lowest BCUT2D eigenvalue weighted by Gasteiger charge is -2.06. The molecule has 0 fully saturated rings. The van der Waals surface area contributed by atoms with E-state index in [9.17, 15) is 4.79 Å². The standard InChI is InChI=1S/C17H20N2O3/c1-2-3-12-21-14-22-16-7-4-15(5-8-16)6-9-17(20)19-11-10-18-13-19/h4-11,13H,2-3,12,14H2,1H3/b9-6+. The number of hydrogen-bond acceptors (Lipinski definition) is 4. The molecule has 0 saturated heterocycles. The van der Waals surface area contributed by atoms with Gasteiger partial charge in [0.05, 0.1) is 6.61 Å². The number of imidazole rings is 1. The van der Waals surface area contributed by atoms with E-state index in [-0.39, 0.29) is 12.7 Å². The van der Waals surface area contributed by atoms with E-state index in [4.69, 9.17) is 9.47 Å². The molecule has 1 aromatic carbocycles. The molecule has 0 radical (unpaired) electrons. The summed E-state index contributed by atoms with van der Waals surface area (Å²) in [6.07, 6.45) is 10.1. The van der Waals surface area contributed by atoms with Crippen molar-refractivity contribution < 1.29 is 14.3 Å². The van der Waals surface area contributed by atoms with Crippen LogP contribution < -0.4 is 4.74 Å².